The Kier molecular flexibility index (Phi) is 4.53. The SMILES string of the molecule is CCC(c1ccccc1)c1n[nH]c(=S)n1CC(C)C. The Morgan fingerprint density at radius 2 is 1.95 bits per heavy atom. The van der Waals surface area contributed by atoms with Crippen molar-refractivity contribution in [2.45, 2.75) is 39.7 Å². The first-order valence-electron chi connectivity index (χ1n) is 6.83. The van der Waals surface area contributed by atoms with Gasteiger partial charge in [0, 0.05) is 12.5 Å². The monoisotopic (exact) mass is 275 g/mol. The smallest absolute Gasteiger partial charge is 0.195 e. The van der Waals surface area contributed by atoms with Gasteiger partial charge in [-0.2, -0.15) is 5.10 Å². The van der Waals surface area contributed by atoms with Gasteiger partial charge in [-0.3, -0.25) is 5.10 Å². The van der Waals surface area contributed by atoms with E-state index >= 15 is 0 Å². The lowest BCUT2D eigenvalue weighted by atomic mass is 9.95. The topological polar surface area (TPSA) is 33.6 Å². The van der Waals surface area contributed by atoms with Crippen molar-refractivity contribution < 1.29 is 0 Å². The van der Waals surface area contributed by atoms with E-state index in [1.165, 1.54) is 5.56 Å². The largest absolute Gasteiger partial charge is 0.303 e. The molecular weight excluding hydrogens is 254 g/mol. The molecule has 0 fully saturated rings. The van der Waals surface area contributed by atoms with Gasteiger partial charge >= 0.3 is 0 Å². The zero-order valence-electron chi connectivity index (χ0n) is 11.8. The van der Waals surface area contributed by atoms with Crippen LogP contribution in [-0.2, 0) is 6.54 Å². The van der Waals surface area contributed by atoms with E-state index in [1.54, 1.807) is 0 Å². The minimum Gasteiger partial charge on any atom is -0.303 e. The lowest BCUT2D eigenvalue weighted by molar-refractivity contribution is 0.491. The fourth-order valence-electron chi connectivity index (χ4n) is 2.39. The molecule has 1 aromatic heterocycles. The summed E-state index contributed by atoms with van der Waals surface area (Å²) in [6.45, 7) is 7.49. The fraction of sp³-hybridized carbons (Fsp3) is 0.467. The van der Waals surface area contributed by atoms with Gasteiger partial charge in [0.25, 0.3) is 0 Å². The maximum absolute atomic E-state index is 5.35. The van der Waals surface area contributed by atoms with E-state index in [-0.39, 0.29) is 0 Å². The zero-order chi connectivity index (χ0) is 13.8. The molecule has 102 valence electrons. The molecule has 0 aliphatic carbocycles. The number of rotatable bonds is 5. The molecule has 0 saturated heterocycles. The van der Waals surface area contributed by atoms with Crippen molar-refractivity contribution >= 4 is 12.2 Å². The molecule has 1 heterocycles. The van der Waals surface area contributed by atoms with Crippen molar-refractivity contribution in [1.82, 2.24) is 14.8 Å². The maximum atomic E-state index is 5.35. The molecule has 19 heavy (non-hydrogen) atoms. The van der Waals surface area contributed by atoms with Crippen LogP contribution < -0.4 is 0 Å². The summed E-state index contributed by atoms with van der Waals surface area (Å²) in [6, 6.07) is 10.5. The van der Waals surface area contributed by atoms with Crippen LogP contribution in [0.3, 0.4) is 0 Å². The van der Waals surface area contributed by atoms with Crippen LogP contribution in [0.2, 0.25) is 0 Å². The van der Waals surface area contributed by atoms with Gasteiger partial charge in [-0.1, -0.05) is 51.1 Å². The van der Waals surface area contributed by atoms with E-state index < -0.39 is 0 Å². The predicted molar refractivity (Wildman–Crippen MR) is 80.8 cm³/mol. The molecule has 0 amide bonds. The number of aromatic amines is 1. The summed E-state index contributed by atoms with van der Waals surface area (Å²) in [5.41, 5.74) is 1.30. The van der Waals surface area contributed by atoms with Gasteiger partial charge in [0.1, 0.15) is 5.82 Å². The molecule has 0 bridgehead atoms. The second kappa shape index (κ2) is 6.15. The molecule has 0 aliphatic heterocycles. The number of hydrogen-bond acceptors (Lipinski definition) is 2. The number of nitrogens with one attached hydrogen (secondary N) is 1. The van der Waals surface area contributed by atoms with Crippen LogP contribution in [0.4, 0.5) is 0 Å². The minimum atomic E-state index is 0.299. The molecule has 1 atom stereocenters. The normalized spacial score (nSPS) is 12.8. The van der Waals surface area contributed by atoms with Gasteiger partial charge in [-0.25, -0.2) is 0 Å². The predicted octanol–water partition coefficient (Wildman–Crippen LogP) is 4.14. The van der Waals surface area contributed by atoms with Gasteiger partial charge in [-0.15, -0.1) is 0 Å². The number of nitrogens with zero attached hydrogens (tertiary/aromatic N) is 2. The molecule has 0 radical (unpaired) electrons. The highest BCUT2D eigenvalue weighted by Crippen LogP contribution is 2.26. The highest BCUT2D eigenvalue weighted by Gasteiger charge is 2.19. The van der Waals surface area contributed by atoms with Crippen LogP contribution in [0, 0.1) is 10.7 Å². The Bertz CT molecular complexity index is 569. The first kappa shape index (κ1) is 14.0. The highest BCUT2D eigenvalue weighted by molar-refractivity contribution is 7.71. The van der Waals surface area contributed by atoms with Crippen molar-refractivity contribution in [3.05, 3.63) is 46.5 Å². The highest BCUT2D eigenvalue weighted by atomic mass is 32.1. The van der Waals surface area contributed by atoms with E-state index in [1.807, 2.05) is 6.07 Å². The first-order chi connectivity index (χ1) is 9.13. The average molecular weight is 275 g/mol. The molecule has 3 nitrogen and oxygen atoms in total. The Hall–Kier alpha value is -1.42. The van der Waals surface area contributed by atoms with E-state index in [0.717, 1.165) is 23.6 Å². The molecule has 2 rings (SSSR count). The van der Waals surface area contributed by atoms with E-state index in [0.29, 0.717) is 11.8 Å². The van der Waals surface area contributed by atoms with E-state index in [4.69, 9.17) is 12.2 Å². The average Bonchev–Trinajstić information content (AvgIpc) is 2.74. The maximum Gasteiger partial charge on any atom is 0.195 e. The summed E-state index contributed by atoms with van der Waals surface area (Å²) in [6.07, 6.45) is 1.02. The van der Waals surface area contributed by atoms with Crippen molar-refractivity contribution in [1.29, 1.82) is 0 Å². The zero-order valence-corrected chi connectivity index (χ0v) is 12.6. The Balaban J connectivity index is 2.42. The van der Waals surface area contributed by atoms with Gasteiger partial charge in [0.15, 0.2) is 4.77 Å². The molecule has 1 unspecified atom stereocenters. The number of aromatic nitrogens is 3. The summed E-state index contributed by atoms with van der Waals surface area (Å²) in [4.78, 5) is 0. The fourth-order valence-corrected chi connectivity index (χ4v) is 2.60. The van der Waals surface area contributed by atoms with Crippen LogP contribution in [0.25, 0.3) is 0 Å². The Morgan fingerprint density at radius 1 is 1.26 bits per heavy atom. The number of benzene rings is 1. The third kappa shape index (κ3) is 3.13. The number of H-pyrrole nitrogens is 1. The molecule has 0 spiro atoms. The summed E-state index contributed by atoms with van der Waals surface area (Å²) >= 11 is 5.35. The van der Waals surface area contributed by atoms with Crippen molar-refractivity contribution in [2.24, 2.45) is 5.92 Å². The van der Waals surface area contributed by atoms with Crippen LogP contribution in [0.5, 0.6) is 0 Å². The third-order valence-corrected chi connectivity index (χ3v) is 3.57. The lowest BCUT2D eigenvalue weighted by Crippen LogP contribution is -2.13. The summed E-state index contributed by atoms with van der Waals surface area (Å²) < 4.78 is 2.86. The standard InChI is InChI=1S/C15H21N3S/c1-4-13(12-8-6-5-7-9-12)14-16-17-15(19)18(14)10-11(2)3/h5-9,11,13H,4,10H2,1-3H3,(H,17,19). The van der Waals surface area contributed by atoms with Crippen LogP contribution >= 0.6 is 12.2 Å². The van der Waals surface area contributed by atoms with Crippen LogP contribution in [0.1, 0.15) is 44.5 Å². The summed E-state index contributed by atoms with van der Waals surface area (Å²) in [7, 11) is 0. The molecule has 0 aliphatic rings. The molecule has 2 aromatic rings. The van der Waals surface area contributed by atoms with E-state index in [9.17, 15) is 0 Å². The third-order valence-electron chi connectivity index (χ3n) is 3.26. The van der Waals surface area contributed by atoms with Gasteiger partial charge in [-0.05, 0) is 30.1 Å². The molecule has 1 N–H and O–H groups in total. The van der Waals surface area contributed by atoms with Crippen molar-refractivity contribution in [3.63, 3.8) is 0 Å². The summed E-state index contributed by atoms with van der Waals surface area (Å²) in [5, 5.41) is 7.41. The summed E-state index contributed by atoms with van der Waals surface area (Å²) in [5.74, 6) is 1.90. The minimum absolute atomic E-state index is 0.299. The Labute approximate surface area is 119 Å². The molecular formula is C15H21N3S. The van der Waals surface area contributed by atoms with Gasteiger partial charge < -0.3 is 4.57 Å². The van der Waals surface area contributed by atoms with Crippen LogP contribution in [-0.4, -0.2) is 14.8 Å². The lowest BCUT2D eigenvalue weighted by Gasteiger charge is -2.17. The number of hydrogen-bond donors (Lipinski definition) is 1. The Morgan fingerprint density at radius 3 is 2.53 bits per heavy atom. The molecule has 0 saturated carbocycles. The van der Waals surface area contributed by atoms with Crippen molar-refractivity contribution in [3.8, 4) is 0 Å². The first-order valence-corrected chi connectivity index (χ1v) is 7.24. The van der Waals surface area contributed by atoms with Gasteiger partial charge in [0.2, 0.25) is 0 Å². The van der Waals surface area contributed by atoms with Gasteiger partial charge in [0.05, 0.1) is 0 Å². The van der Waals surface area contributed by atoms with Crippen molar-refractivity contribution in [2.75, 3.05) is 0 Å². The second-order valence-corrected chi connectivity index (χ2v) is 5.65. The van der Waals surface area contributed by atoms with E-state index in [2.05, 4.69) is 59.8 Å². The quantitative estimate of drug-likeness (QED) is 0.832. The molecule has 4 heteroatoms. The van der Waals surface area contributed by atoms with Crippen LogP contribution in [0.15, 0.2) is 30.3 Å². The molecule has 1 aromatic carbocycles. The second-order valence-electron chi connectivity index (χ2n) is 5.26.